The number of hydrogen-bond acceptors (Lipinski definition) is 4. The number of carbonyl (C=O) groups is 1. The van der Waals surface area contributed by atoms with E-state index in [1.807, 2.05) is 37.3 Å². The van der Waals surface area contributed by atoms with Gasteiger partial charge in [0.15, 0.2) is 0 Å². The monoisotopic (exact) mass is 358 g/mol. The van der Waals surface area contributed by atoms with Gasteiger partial charge in [0, 0.05) is 23.1 Å². The van der Waals surface area contributed by atoms with Gasteiger partial charge in [-0.25, -0.2) is 0 Å². The lowest BCUT2D eigenvalue weighted by Gasteiger charge is -2.15. The normalized spacial score (nSPS) is 12.0. The summed E-state index contributed by atoms with van der Waals surface area (Å²) >= 11 is 1.46. The van der Waals surface area contributed by atoms with Crippen LogP contribution in [0.3, 0.4) is 0 Å². The van der Waals surface area contributed by atoms with Crippen molar-refractivity contribution in [2.75, 3.05) is 11.1 Å². The first-order chi connectivity index (χ1) is 11.9. The molecule has 6 heteroatoms. The standard InChI is InChI=1S/C19H22N2O3S/c1-13(2)17-9-4-5-10-18(17)20-19(22)12-25-14(3)15-7-6-8-16(11-15)21(23)24/h4-11,13-14H,12H2,1-3H3,(H,20,22)/t14-/m1/s1. The molecule has 0 aliphatic heterocycles. The number of nitro groups is 1. The summed E-state index contributed by atoms with van der Waals surface area (Å²) in [5.41, 5.74) is 2.86. The van der Waals surface area contributed by atoms with Crippen molar-refractivity contribution >= 4 is 29.0 Å². The summed E-state index contributed by atoms with van der Waals surface area (Å²) in [6.45, 7) is 6.12. The van der Waals surface area contributed by atoms with Gasteiger partial charge in [-0.05, 0) is 30.0 Å². The van der Waals surface area contributed by atoms with Crippen LogP contribution in [-0.2, 0) is 4.79 Å². The second kappa shape index (κ2) is 8.67. The van der Waals surface area contributed by atoms with Crippen LogP contribution in [0, 0.1) is 10.1 Å². The van der Waals surface area contributed by atoms with E-state index in [1.165, 1.54) is 17.8 Å². The molecular weight excluding hydrogens is 336 g/mol. The number of nitro benzene ring substituents is 1. The zero-order valence-electron chi connectivity index (χ0n) is 14.6. The number of non-ortho nitro benzene ring substituents is 1. The molecule has 0 unspecified atom stereocenters. The molecule has 1 atom stereocenters. The fourth-order valence-electron chi connectivity index (χ4n) is 2.49. The van der Waals surface area contributed by atoms with E-state index < -0.39 is 4.92 Å². The van der Waals surface area contributed by atoms with Crippen LogP contribution < -0.4 is 5.32 Å². The summed E-state index contributed by atoms with van der Waals surface area (Å²) in [7, 11) is 0. The van der Waals surface area contributed by atoms with E-state index >= 15 is 0 Å². The first-order valence-corrected chi connectivity index (χ1v) is 9.18. The van der Waals surface area contributed by atoms with Crippen molar-refractivity contribution in [3.63, 3.8) is 0 Å². The van der Waals surface area contributed by atoms with Crippen LogP contribution in [0.4, 0.5) is 11.4 Å². The van der Waals surface area contributed by atoms with Gasteiger partial charge in [-0.2, -0.15) is 0 Å². The Morgan fingerprint density at radius 1 is 1.16 bits per heavy atom. The molecule has 0 heterocycles. The van der Waals surface area contributed by atoms with Crippen LogP contribution in [0.15, 0.2) is 48.5 Å². The van der Waals surface area contributed by atoms with Crippen LogP contribution in [0.1, 0.15) is 43.1 Å². The molecule has 0 aromatic heterocycles. The Bertz CT molecular complexity index is 762. The van der Waals surface area contributed by atoms with Crippen LogP contribution in [0.25, 0.3) is 0 Å². The molecule has 1 amide bonds. The third-order valence-electron chi connectivity index (χ3n) is 3.87. The van der Waals surface area contributed by atoms with Crippen LogP contribution in [-0.4, -0.2) is 16.6 Å². The Labute approximate surface area is 152 Å². The fraction of sp³-hybridized carbons (Fsp3) is 0.316. The molecule has 0 aliphatic rings. The predicted molar refractivity (Wildman–Crippen MR) is 103 cm³/mol. The number of nitrogens with one attached hydrogen (secondary N) is 1. The Kier molecular flexibility index (Phi) is 6.58. The van der Waals surface area contributed by atoms with Gasteiger partial charge in [-0.15, -0.1) is 11.8 Å². The first kappa shape index (κ1) is 19.0. The molecule has 25 heavy (non-hydrogen) atoms. The van der Waals surface area contributed by atoms with Gasteiger partial charge in [-0.3, -0.25) is 14.9 Å². The SMILES string of the molecule is CC(C)c1ccccc1NC(=O)CS[C@H](C)c1cccc([N+](=O)[O-])c1. The van der Waals surface area contributed by atoms with Gasteiger partial charge >= 0.3 is 0 Å². The van der Waals surface area contributed by atoms with Gasteiger partial charge in [0.2, 0.25) is 5.91 Å². The molecule has 0 spiro atoms. The largest absolute Gasteiger partial charge is 0.325 e. The minimum Gasteiger partial charge on any atom is -0.325 e. The lowest BCUT2D eigenvalue weighted by atomic mass is 10.0. The molecule has 2 rings (SSSR count). The van der Waals surface area contributed by atoms with Gasteiger partial charge in [-0.1, -0.05) is 44.2 Å². The lowest BCUT2D eigenvalue weighted by Crippen LogP contribution is -2.16. The number of thioether (sulfide) groups is 1. The Morgan fingerprint density at radius 2 is 1.88 bits per heavy atom. The Balaban J connectivity index is 1.96. The highest BCUT2D eigenvalue weighted by Crippen LogP contribution is 2.30. The van der Waals surface area contributed by atoms with Gasteiger partial charge < -0.3 is 5.32 Å². The number of rotatable bonds is 7. The summed E-state index contributed by atoms with van der Waals surface area (Å²) in [4.78, 5) is 22.7. The predicted octanol–water partition coefficient (Wildman–Crippen LogP) is 5.15. The molecular formula is C19H22N2O3S. The Morgan fingerprint density at radius 3 is 2.56 bits per heavy atom. The first-order valence-electron chi connectivity index (χ1n) is 8.13. The third kappa shape index (κ3) is 5.32. The second-order valence-corrected chi connectivity index (χ2v) is 7.42. The quantitative estimate of drug-likeness (QED) is 0.549. The maximum atomic E-state index is 12.3. The number of benzene rings is 2. The summed E-state index contributed by atoms with van der Waals surface area (Å²) < 4.78 is 0. The number of anilines is 1. The highest BCUT2D eigenvalue weighted by Gasteiger charge is 2.14. The van der Waals surface area contributed by atoms with Gasteiger partial charge in [0.25, 0.3) is 5.69 Å². The zero-order chi connectivity index (χ0) is 18.4. The third-order valence-corrected chi connectivity index (χ3v) is 5.07. The van der Waals surface area contributed by atoms with Crippen molar-refractivity contribution in [3.8, 4) is 0 Å². The van der Waals surface area contributed by atoms with Crippen molar-refractivity contribution in [2.45, 2.75) is 31.9 Å². The van der Waals surface area contributed by atoms with Crippen molar-refractivity contribution in [1.82, 2.24) is 0 Å². The maximum absolute atomic E-state index is 12.3. The maximum Gasteiger partial charge on any atom is 0.269 e. The van der Waals surface area contributed by atoms with Crippen molar-refractivity contribution < 1.29 is 9.72 Å². The molecule has 1 N–H and O–H groups in total. The highest BCUT2D eigenvalue weighted by atomic mass is 32.2. The molecule has 2 aromatic carbocycles. The molecule has 0 bridgehead atoms. The van der Waals surface area contributed by atoms with E-state index in [1.54, 1.807) is 12.1 Å². The molecule has 0 saturated carbocycles. The minimum atomic E-state index is -0.406. The van der Waals surface area contributed by atoms with Crippen molar-refractivity contribution in [3.05, 3.63) is 69.8 Å². The molecule has 2 aromatic rings. The summed E-state index contributed by atoms with van der Waals surface area (Å²) in [6.07, 6.45) is 0. The molecule has 132 valence electrons. The van der Waals surface area contributed by atoms with Crippen molar-refractivity contribution in [2.24, 2.45) is 0 Å². The smallest absolute Gasteiger partial charge is 0.269 e. The van der Waals surface area contributed by atoms with Crippen molar-refractivity contribution in [1.29, 1.82) is 0 Å². The molecule has 0 fully saturated rings. The zero-order valence-corrected chi connectivity index (χ0v) is 15.4. The highest BCUT2D eigenvalue weighted by molar-refractivity contribution is 8.00. The molecule has 5 nitrogen and oxygen atoms in total. The van der Waals surface area contributed by atoms with E-state index in [0.29, 0.717) is 5.92 Å². The number of para-hydroxylation sites is 1. The second-order valence-electron chi connectivity index (χ2n) is 6.10. The van der Waals surface area contributed by atoms with Crippen LogP contribution in [0.5, 0.6) is 0 Å². The van der Waals surface area contributed by atoms with Crippen LogP contribution in [0.2, 0.25) is 0 Å². The molecule has 0 radical (unpaired) electrons. The topological polar surface area (TPSA) is 72.2 Å². The molecule has 0 aliphatic carbocycles. The van der Waals surface area contributed by atoms with E-state index in [2.05, 4.69) is 19.2 Å². The van der Waals surface area contributed by atoms with E-state index in [-0.39, 0.29) is 22.6 Å². The molecule has 0 saturated heterocycles. The van der Waals surface area contributed by atoms with Crippen LogP contribution >= 0.6 is 11.8 Å². The average Bonchev–Trinajstić information content (AvgIpc) is 2.60. The number of carbonyl (C=O) groups excluding carboxylic acids is 1. The summed E-state index contributed by atoms with van der Waals surface area (Å²) in [6, 6.07) is 14.3. The minimum absolute atomic E-state index is 0.00834. The number of nitrogens with zero attached hydrogens (tertiary/aromatic N) is 1. The van der Waals surface area contributed by atoms with Gasteiger partial charge in [0.05, 0.1) is 10.7 Å². The summed E-state index contributed by atoms with van der Waals surface area (Å²) in [5, 5.41) is 13.8. The average molecular weight is 358 g/mol. The van der Waals surface area contributed by atoms with E-state index in [0.717, 1.165) is 16.8 Å². The summed E-state index contributed by atoms with van der Waals surface area (Å²) in [5.74, 6) is 0.541. The van der Waals surface area contributed by atoms with E-state index in [9.17, 15) is 14.9 Å². The number of hydrogen-bond donors (Lipinski definition) is 1. The number of amides is 1. The fourth-order valence-corrected chi connectivity index (χ4v) is 3.30. The Hall–Kier alpha value is -2.34. The van der Waals surface area contributed by atoms with Gasteiger partial charge in [0.1, 0.15) is 0 Å². The lowest BCUT2D eigenvalue weighted by molar-refractivity contribution is -0.384. The van der Waals surface area contributed by atoms with E-state index in [4.69, 9.17) is 0 Å².